The number of allylic oxidation sites excluding steroid dienone is 4. The molecule has 2 aliphatic carbocycles. The number of phenolic OH excluding ortho intramolecular Hbond substituents is 2. The number of para-hydroxylation sites is 2. The number of anilines is 2. The van der Waals surface area contributed by atoms with Gasteiger partial charge in [-0.15, -0.1) is 0 Å². The molecule has 54 heavy (non-hydrogen) atoms. The molecule has 8 nitrogen and oxygen atoms in total. The SMILES string of the molecule is CCc1ccccc1NC=C1C(=O)C(O)=C(C(C)C)c2cc(C)c(-c3c(C)cc4c(c3O)C(=CNc3ccccc3CC)C(=O)C(O)=C4C(C)C)c(O)c21. The lowest BCUT2D eigenvalue weighted by atomic mass is 9.75. The van der Waals surface area contributed by atoms with Crippen molar-refractivity contribution < 1.29 is 30.0 Å². The molecule has 0 aromatic heterocycles. The number of aryl methyl sites for hydroxylation is 4. The monoisotopic (exact) mass is 724 g/mol. The van der Waals surface area contributed by atoms with Crippen LogP contribution >= 0.6 is 0 Å². The maximum atomic E-state index is 14.0. The summed E-state index contributed by atoms with van der Waals surface area (Å²) >= 11 is 0. The molecule has 8 heteroatoms. The summed E-state index contributed by atoms with van der Waals surface area (Å²) in [5.41, 5.74) is 7.77. The molecule has 0 saturated carbocycles. The predicted molar refractivity (Wildman–Crippen MR) is 218 cm³/mol. The fourth-order valence-electron chi connectivity index (χ4n) is 7.87. The Morgan fingerprint density at radius 3 is 1.26 bits per heavy atom. The van der Waals surface area contributed by atoms with Crippen LogP contribution in [0, 0.1) is 25.7 Å². The number of hydrogen-bond donors (Lipinski definition) is 6. The normalized spacial score (nSPS) is 15.8. The van der Waals surface area contributed by atoms with Crippen molar-refractivity contribution in [2.24, 2.45) is 11.8 Å². The molecule has 6 rings (SSSR count). The minimum atomic E-state index is -0.638. The van der Waals surface area contributed by atoms with Crippen molar-refractivity contribution in [1.29, 1.82) is 0 Å². The highest BCUT2D eigenvalue weighted by Gasteiger charge is 2.38. The van der Waals surface area contributed by atoms with E-state index in [1.54, 1.807) is 13.8 Å². The summed E-state index contributed by atoms with van der Waals surface area (Å²) in [5.74, 6) is -3.05. The molecular formula is C46H48N2O6. The van der Waals surface area contributed by atoms with E-state index in [2.05, 4.69) is 10.6 Å². The molecule has 0 unspecified atom stereocenters. The molecule has 0 fully saturated rings. The maximum absolute atomic E-state index is 14.0. The second-order valence-corrected chi connectivity index (χ2v) is 14.6. The van der Waals surface area contributed by atoms with Gasteiger partial charge in [-0.25, -0.2) is 0 Å². The van der Waals surface area contributed by atoms with E-state index < -0.39 is 11.6 Å². The molecule has 0 aliphatic heterocycles. The molecule has 6 N–H and O–H groups in total. The van der Waals surface area contributed by atoms with Crippen molar-refractivity contribution >= 4 is 45.2 Å². The third kappa shape index (κ3) is 6.25. The van der Waals surface area contributed by atoms with Crippen LogP contribution in [0.3, 0.4) is 0 Å². The van der Waals surface area contributed by atoms with Crippen LogP contribution in [-0.4, -0.2) is 32.0 Å². The quantitative estimate of drug-likeness (QED) is 0.0938. The standard InChI is InChI=1S/C46H48N2O6/c1-9-27-15-11-13-17-33(27)47-21-31-39-29(35(23(3)4)45(53)41(31)49)19-25(7)37(43(39)51)38-26(8)20-30-36(24(5)6)46(54)42(50)32(40(30)44(38)52)22-48-34-18-14-12-16-28(34)10-2/h11-24,47-48,51-54H,9-10H2,1-8H3. The fourth-order valence-corrected chi connectivity index (χ4v) is 7.87. The minimum absolute atomic E-state index is 0.0659. The average Bonchev–Trinajstić information content (AvgIpc) is 3.13. The fraction of sp³-hybridized carbons (Fsp3) is 0.261. The van der Waals surface area contributed by atoms with Crippen molar-refractivity contribution in [2.75, 3.05) is 10.6 Å². The number of aliphatic hydroxyl groups excluding tert-OH is 2. The van der Waals surface area contributed by atoms with Crippen molar-refractivity contribution in [2.45, 2.75) is 68.2 Å². The van der Waals surface area contributed by atoms with Crippen LogP contribution < -0.4 is 10.6 Å². The Morgan fingerprint density at radius 1 is 0.574 bits per heavy atom. The van der Waals surface area contributed by atoms with Gasteiger partial charge in [0.15, 0.2) is 11.5 Å². The molecule has 0 radical (unpaired) electrons. The maximum Gasteiger partial charge on any atom is 0.229 e. The lowest BCUT2D eigenvalue weighted by molar-refractivity contribution is -0.113. The number of benzene rings is 4. The van der Waals surface area contributed by atoms with E-state index in [0.29, 0.717) is 33.4 Å². The van der Waals surface area contributed by atoms with Gasteiger partial charge in [-0.05, 0) is 84.0 Å². The molecule has 4 aromatic carbocycles. The topological polar surface area (TPSA) is 139 Å². The van der Waals surface area contributed by atoms with E-state index >= 15 is 0 Å². The molecule has 0 spiro atoms. The van der Waals surface area contributed by atoms with E-state index in [0.717, 1.165) is 35.3 Å². The van der Waals surface area contributed by atoms with Crippen molar-refractivity contribution in [3.8, 4) is 22.6 Å². The van der Waals surface area contributed by atoms with Crippen LogP contribution in [0.5, 0.6) is 11.5 Å². The number of ketones is 2. The van der Waals surface area contributed by atoms with Crippen molar-refractivity contribution in [3.05, 3.63) is 129 Å². The largest absolute Gasteiger partial charge is 0.507 e. The van der Waals surface area contributed by atoms with Gasteiger partial charge in [-0.1, -0.05) is 90.1 Å². The van der Waals surface area contributed by atoms with E-state index in [-0.39, 0.29) is 68.3 Å². The number of hydrogen-bond acceptors (Lipinski definition) is 8. The Bertz CT molecular complexity index is 2190. The third-order valence-corrected chi connectivity index (χ3v) is 10.5. The number of carbonyl (C=O) groups excluding carboxylic acids is 2. The van der Waals surface area contributed by atoms with Gasteiger partial charge in [0, 0.05) is 57.2 Å². The van der Waals surface area contributed by atoms with Crippen molar-refractivity contribution in [3.63, 3.8) is 0 Å². The number of rotatable bonds is 9. The first-order chi connectivity index (χ1) is 25.7. The molecule has 0 bridgehead atoms. The molecule has 0 amide bonds. The van der Waals surface area contributed by atoms with Crippen LogP contribution in [0.1, 0.15) is 86.1 Å². The van der Waals surface area contributed by atoms with E-state index in [1.165, 1.54) is 12.4 Å². The first kappa shape index (κ1) is 37.7. The first-order valence-electron chi connectivity index (χ1n) is 18.5. The summed E-state index contributed by atoms with van der Waals surface area (Å²) < 4.78 is 0. The summed E-state index contributed by atoms with van der Waals surface area (Å²) in [6.45, 7) is 15.2. The Morgan fingerprint density at radius 2 is 0.926 bits per heavy atom. The molecule has 278 valence electrons. The Balaban J connectivity index is 1.63. The molecule has 0 atom stereocenters. The van der Waals surface area contributed by atoms with Crippen LogP contribution in [0.25, 0.3) is 33.4 Å². The van der Waals surface area contributed by atoms with Gasteiger partial charge >= 0.3 is 0 Å². The van der Waals surface area contributed by atoms with Gasteiger partial charge in [0.1, 0.15) is 11.5 Å². The number of aromatic hydroxyl groups is 2. The zero-order valence-electron chi connectivity index (χ0n) is 32.1. The summed E-state index contributed by atoms with van der Waals surface area (Å²) in [6, 6.07) is 19.1. The second-order valence-electron chi connectivity index (χ2n) is 14.6. The summed E-state index contributed by atoms with van der Waals surface area (Å²) in [5, 5.41) is 53.9. The number of carbonyl (C=O) groups is 2. The minimum Gasteiger partial charge on any atom is -0.507 e. The number of fused-ring (bicyclic) bond motifs is 2. The van der Waals surface area contributed by atoms with Gasteiger partial charge in [0.05, 0.1) is 11.1 Å². The van der Waals surface area contributed by atoms with Crippen molar-refractivity contribution in [1.82, 2.24) is 0 Å². The summed E-state index contributed by atoms with van der Waals surface area (Å²) in [6.07, 6.45) is 4.53. The molecular weight excluding hydrogens is 677 g/mol. The number of Topliss-reactive ketones (excluding diaryl/α,β-unsaturated/α-hetero) is 2. The van der Waals surface area contributed by atoms with Gasteiger partial charge in [0.25, 0.3) is 0 Å². The lowest BCUT2D eigenvalue weighted by Gasteiger charge is -2.29. The molecule has 0 heterocycles. The predicted octanol–water partition coefficient (Wildman–Crippen LogP) is 10.4. The molecule has 2 aliphatic rings. The molecule has 4 aromatic rings. The summed E-state index contributed by atoms with van der Waals surface area (Å²) in [4.78, 5) is 28.0. The summed E-state index contributed by atoms with van der Waals surface area (Å²) in [7, 11) is 0. The highest BCUT2D eigenvalue weighted by Crippen LogP contribution is 2.53. The van der Waals surface area contributed by atoms with E-state index in [9.17, 15) is 30.0 Å². The van der Waals surface area contributed by atoms with Gasteiger partial charge < -0.3 is 31.1 Å². The number of phenols is 2. The van der Waals surface area contributed by atoms with E-state index in [4.69, 9.17) is 0 Å². The van der Waals surface area contributed by atoms with Gasteiger partial charge in [-0.3, -0.25) is 9.59 Å². The first-order valence-corrected chi connectivity index (χ1v) is 18.5. The Labute approximate surface area is 316 Å². The zero-order chi connectivity index (χ0) is 39.2. The van der Waals surface area contributed by atoms with Gasteiger partial charge in [0.2, 0.25) is 11.6 Å². The number of nitrogens with one attached hydrogen (secondary N) is 2. The Kier molecular flexibility index (Phi) is 10.3. The van der Waals surface area contributed by atoms with Crippen LogP contribution in [-0.2, 0) is 22.4 Å². The number of aliphatic hydroxyl groups is 2. The highest BCUT2D eigenvalue weighted by atomic mass is 16.3. The third-order valence-electron chi connectivity index (χ3n) is 10.5. The Hall–Kier alpha value is -6.02. The molecule has 0 saturated heterocycles. The van der Waals surface area contributed by atoms with Crippen LogP contribution in [0.15, 0.2) is 84.6 Å². The van der Waals surface area contributed by atoms with E-state index in [1.807, 2.05) is 102 Å². The smallest absolute Gasteiger partial charge is 0.229 e. The highest BCUT2D eigenvalue weighted by molar-refractivity contribution is 6.35. The average molecular weight is 725 g/mol. The van der Waals surface area contributed by atoms with Crippen LogP contribution in [0.2, 0.25) is 0 Å². The van der Waals surface area contributed by atoms with Gasteiger partial charge in [-0.2, -0.15) is 0 Å². The zero-order valence-corrected chi connectivity index (χ0v) is 32.1. The van der Waals surface area contributed by atoms with Crippen LogP contribution in [0.4, 0.5) is 11.4 Å². The lowest BCUT2D eigenvalue weighted by Crippen LogP contribution is -2.20. The second kappa shape index (κ2) is 14.8.